The molecule has 3 aliphatic heterocycles. The van der Waals surface area contributed by atoms with E-state index in [9.17, 15) is 22.4 Å². The van der Waals surface area contributed by atoms with Gasteiger partial charge in [0, 0.05) is 28.7 Å². The van der Waals surface area contributed by atoms with Gasteiger partial charge in [-0.15, -0.1) is 0 Å². The van der Waals surface area contributed by atoms with E-state index in [4.69, 9.17) is 23.2 Å². The quantitative estimate of drug-likeness (QED) is 0.483. The summed E-state index contributed by atoms with van der Waals surface area (Å²) in [6.45, 7) is 4.65. The van der Waals surface area contributed by atoms with Crippen LogP contribution in [0.15, 0.2) is 59.4 Å². The lowest BCUT2D eigenvalue weighted by atomic mass is 9.98. The Morgan fingerprint density at radius 3 is 2.25 bits per heavy atom. The minimum absolute atomic E-state index is 0.0184. The number of amides is 2. The Morgan fingerprint density at radius 1 is 0.950 bits per heavy atom. The molecule has 2 aromatic carbocycles. The van der Waals surface area contributed by atoms with Crippen LogP contribution < -0.4 is 0 Å². The smallest absolute Gasteiger partial charge is 0.268 e. The zero-order valence-electron chi connectivity index (χ0n) is 22.3. The molecule has 8 nitrogen and oxygen atoms in total. The maximum atomic E-state index is 15.0. The van der Waals surface area contributed by atoms with Crippen molar-refractivity contribution in [2.75, 3.05) is 19.6 Å². The highest BCUT2D eigenvalue weighted by Gasteiger charge is 2.51. The highest BCUT2D eigenvalue weighted by atomic mass is 35.5. The molecular formula is C28H31Cl2FN4O4S. The molecule has 0 radical (unpaired) electrons. The van der Waals surface area contributed by atoms with Crippen molar-refractivity contribution in [1.82, 2.24) is 19.0 Å². The van der Waals surface area contributed by atoms with Gasteiger partial charge in [-0.05, 0) is 75.7 Å². The third-order valence-electron chi connectivity index (χ3n) is 7.66. The Hall–Kier alpha value is -2.66. The summed E-state index contributed by atoms with van der Waals surface area (Å²) < 4.78 is 44.3. The molecular weight excluding hydrogens is 578 g/mol. The van der Waals surface area contributed by atoms with Crippen molar-refractivity contribution in [3.05, 3.63) is 75.9 Å². The number of fused-ring (bicyclic) bond motifs is 1. The lowest BCUT2D eigenvalue weighted by Gasteiger charge is -2.51. The first-order chi connectivity index (χ1) is 19.0. The number of nitrogens with zero attached hydrogens (tertiary/aromatic N) is 4. The van der Waals surface area contributed by atoms with E-state index in [2.05, 4.69) is 0 Å². The molecule has 2 aromatic rings. The van der Waals surface area contributed by atoms with Gasteiger partial charge in [-0.2, -0.15) is 0 Å². The van der Waals surface area contributed by atoms with Crippen molar-refractivity contribution in [3.63, 3.8) is 0 Å². The van der Waals surface area contributed by atoms with E-state index >= 15 is 0 Å². The molecule has 2 unspecified atom stereocenters. The summed E-state index contributed by atoms with van der Waals surface area (Å²) in [6, 6.07) is 8.15. The molecule has 0 bridgehead atoms. The summed E-state index contributed by atoms with van der Waals surface area (Å²) in [4.78, 5) is 32.2. The van der Waals surface area contributed by atoms with Gasteiger partial charge in [-0.25, -0.2) is 17.1 Å². The fourth-order valence-electron chi connectivity index (χ4n) is 5.58. The Kier molecular flexibility index (Phi) is 8.16. The number of hydrogen-bond donors (Lipinski definition) is 0. The van der Waals surface area contributed by atoms with Gasteiger partial charge in [-0.3, -0.25) is 19.4 Å². The second-order valence-electron chi connectivity index (χ2n) is 10.6. The largest absolute Gasteiger partial charge is 0.311 e. The summed E-state index contributed by atoms with van der Waals surface area (Å²) in [6.07, 6.45) is 4.31. The lowest BCUT2D eigenvalue weighted by molar-refractivity contribution is -0.153. The summed E-state index contributed by atoms with van der Waals surface area (Å²) >= 11 is 12.2. The molecule has 12 heteroatoms. The van der Waals surface area contributed by atoms with Crippen molar-refractivity contribution in [3.8, 4) is 0 Å². The van der Waals surface area contributed by atoms with Crippen molar-refractivity contribution in [1.29, 1.82) is 0 Å². The SMILES string of the molecule is CC(C)N1C=C2N(C(=O)C(N3CCCCC3)CN2S(=O)(=O)c2cc(Cl)ccc2F)C(Cc2ccc(Cl)cc2)C1=O. The van der Waals surface area contributed by atoms with Crippen LogP contribution >= 0.6 is 23.2 Å². The first-order valence-corrected chi connectivity index (χ1v) is 15.5. The summed E-state index contributed by atoms with van der Waals surface area (Å²) in [5.41, 5.74) is 0.760. The molecule has 0 saturated carbocycles. The molecule has 214 valence electrons. The van der Waals surface area contributed by atoms with Gasteiger partial charge in [0.15, 0.2) is 0 Å². The Bertz CT molecular complexity index is 1440. The van der Waals surface area contributed by atoms with Crippen LogP contribution in [0.25, 0.3) is 0 Å². The number of benzene rings is 2. The summed E-state index contributed by atoms with van der Waals surface area (Å²) in [7, 11) is -4.52. The van der Waals surface area contributed by atoms with Gasteiger partial charge in [0.05, 0.1) is 6.54 Å². The van der Waals surface area contributed by atoms with Crippen LogP contribution in [0.4, 0.5) is 4.39 Å². The fraction of sp³-hybridized carbons (Fsp3) is 0.429. The van der Waals surface area contributed by atoms with Gasteiger partial charge in [-0.1, -0.05) is 41.8 Å². The van der Waals surface area contributed by atoms with E-state index in [0.29, 0.717) is 18.1 Å². The van der Waals surface area contributed by atoms with Gasteiger partial charge in [0.25, 0.3) is 10.0 Å². The van der Waals surface area contributed by atoms with E-state index < -0.39 is 32.8 Å². The van der Waals surface area contributed by atoms with Crippen LogP contribution in [0.5, 0.6) is 0 Å². The van der Waals surface area contributed by atoms with Gasteiger partial charge < -0.3 is 4.90 Å². The normalized spacial score (nSPS) is 22.6. The molecule has 2 amide bonds. The highest BCUT2D eigenvalue weighted by Crippen LogP contribution is 2.37. The monoisotopic (exact) mass is 608 g/mol. The maximum Gasteiger partial charge on any atom is 0.268 e. The van der Waals surface area contributed by atoms with Gasteiger partial charge >= 0.3 is 0 Å². The molecule has 0 spiro atoms. The molecule has 0 aromatic heterocycles. The third-order valence-corrected chi connectivity index (χ3v) is 9.93. The number of likely N-dealkylation sites (tertiary alicyclic amines) is 1. The second kappa shape index (κ2) is 11.3. The fourth-order valence-corrected chi connectivity index (χ4v) is 7.48. The van der Waals surface area contributed by atoms with Crippen LogP contribution in [-0.2, 0) is 26.0 Å². The predicted octanol–water partition coefficient (Wildman–Crippen LogP) is 4.48. The van der Waals surface area contributed by atoms with Crippen molar-refractivity contribution in [2.45, 2.75) is 62.6 Å². The van der Waals surface area contributed by atoms with Crippen LogP contribution in [0.2, 0.25) is 10.0 Å². The van der Waals surface area contributed by atoms with Crippen molar-refractivity contribution < 1.29 is 22.4 Å². The van der Waals surface area contributed by atoms with Crippen molar-refractivity contribution >= 4 is 45.0 Å². The predicted molar refractivity (Wildman–Crippen MR) is 150 cm³/mol. The Labute approximate surface area is 244 Å². The minimum Gasteiger partial charge on any atom is -0.311 e. The average molecular weight is 610 g/mol. The molecule has 0 aliphatic carbocycles. The molecule has 40 heavy (non-hydrogen) atoms. The number of hydrogen-bond acceptors (Lipinski definition) is 5. The Balaban J connectivity index is 1.66. The molecule has 3 heterocycles. The van der Waals surface area contributed by atoms with Crippen LogP contribution in [0.1, 0.15) is 38.7 Å². The van der Waals surface area contributed by atoms with Crippen molar-refractivity contribution in [2.24, 2.45) is 0 Å². The van der Waals surface area contributed by atoms with E-state index in [-0.39, 0.29) is 41.7 Å². The van der Waals surface area contributed by atoms with Gasteiger partial charge in [0.1, 0.15) is 28.6 Å². The molecule has 2 atom stereocenters. The molecule has 3 aliphatic rings. The van der Waals surface area contributed by atoms with E-state index in [1.54, 1.807) is 38.1 Å². The molecule has 2 saturated heterocycles. The number of rotatable bonds is 6. The van der Waals surface area contributed by atoms with E-state index in [0.717, 1.165) is 41.3 Å². The standard InChI is InChI=1S/C28H31Cl2FN4O4S/c1-18(2)33-17-26-34(40(38,39)25-15-21(30)10-11-22(25)31)16-24(32-12-4-3-5-13-32)28(37)35(26)23(27(33)36)14-19-6-8-20(29)9-7-19/h6-11,15,17-18,23-24H,3-5,12-14,16H2,1-2H3. The van der Waals surface area contributed by atoms with Gasteiger partial charge in [0.2, 0.25) is 11.8 Å². The molecule has 5 rings (SSSR count). The zero-order chi connectivity index (χ0) is 28.8. The number of piperidine rings is 1. The van der Waals surface area contributed by atoms with Crippen LogP contribution in [-0.4, -0.2) is 77.0 Å². The number of carbonyl (C=O) groups excluding carboxylic acids is 2. The van der Waals surface area contributed by atoms with Crippen LogP contribution in [0, 0.1) is 5.82 Å². The number of carbonyl (C=O) groups is 2. The topological polar surface area (TPSA) is 81.2 Å². The maximum absolute atomic E-state index is 15.0. The van der Waals surface area contributed by atoms with Crippen LogP contribution in [0.3, 0.4) is 0 Å². The number of sulfonamides is 1. The summed E-state index contributed by atoms with van der Waals surface area (Å²) in [5, 5.41) is 0.595. The third kappa shape index (κ3) is 5.34. The average Bonchev–Trinajstić information content (AvgIpc) is 2.92. The molecule has 2 fully saturated rings. The highest BCUT2D eigenvalue weighted by molar-refractivity contribution is 7.89. The molecule has 0 N–H and O–H groups in total. The first kappa shape index (κ1) is 28.9. The lowest BCUT2D eigenvalue weighted by Crippen LogP contribution is -2.68. The first-order valence-electron chi connectivity index (χ1n) is 13.3. The Morgan fingerprint density at radius 2 is 1.60 bits per heavy atom. The summed E-state index contributed by atoms with van der Waals surface area (Å²) in [5.74, 6) is -1.60. The number of halogens is 3. The second-order valence-corrected chi connectivity index (χ2v) is 13.3. The minimum atomic E-state index is -4.52. The zero-order valence-corrected chi connectivity index (χ0v) is 24.6. The van der Waals surface area contributed by atoms with E-state index in [1.165, 1.54) is 22.1 Å². The van der Waals surface area contributed by atoms with E-state index in [1.807, 2.05) is 4.90 Å².